The van der Waals surface area contributed by atoms with Crippen molar-refractivity contribution in [2.75, 3.05) is 7.11 Å². The van der Waals surface area contributed by atoms with E-state index in [2.05, 4.69) is 4.98 Å². The quantitative estimate of drug-likeness (QED) is 0.629. The maximum Gasteiger partial charge on any atom is 0.263 e. The molecule has 3 atom stereocenters. The fourth-order valence-electron chi connectivity index (χ4n) is 5.30. The summed E-state index contributed by atoms with van der Waals surface area (Å²) >= 11 is 0. The highest BCUT2D eigenvalue weighted by molar-refractivity contribution is 5.58. The largest absolute Gasteiger partial charge is 0.481 e. The molecule has 5 rings (SSSR count). The second kappa shape index (κ2) is 7.28. The molecule has 1 N–H and O–H groups in total. The summed E-state index contributed by atoms with van der Waals surface area (Å²) in [5.41, 5.74) is -0.903. The zero-order valence-corrected chi connectivity index (χ0v) is 17.3. The molecule has 0 amide bonds. The molecule has 2 unspecified atom stereocenters. The van der Waals surface area contributed by atoms with Crippen LogP contribution in [0.4, 0.5) is 8.78 Å². The van der Waals surface area contributed by atoms with Gasteiger partial charge < -0.3 is 14.6 Å². The lowest BCUT2D eigenvalue weighted by atomic mass is 9.71. The maximum atomic E-state index is 13.2. The second-order valence-corrected chi connectivity index (χ2v) is 8.12. The lowest BCUT2D eigenvalue weighted by Gasteiger charge is -2.40. The Labute approximate surface area is 183 Å². The predicted octanol–water partition coefficient (Wildman–Crippen LogP) is 4.95. The normalized spacial score (nSPS) is 25.7. The van der Waals surface area contributed by atoms with E-state index >= 15 is 0 Å². The number of aliphatic hydroxyl groups is 1. The smallest absolute Gasteiger partial charge is 0.263 e. The van der Waals surface area contributed by atoms with E-state index in [0.717, 1.165) is 5.56 Å². The van der Waals surface area contributed by atoms with Gasteiger partial charge in [0.15, 0.2) is 5.60 Å². The van der Waals surface area contributed by atoms with Gasteiger partial charge in [0.05, 0.1) is 12.7 Å². The highest BCUT2D eigenvalue weighted by Gasteiger charge is 2.69. The Morgan fingerprint density at radius 3 is 2.53 bits per heavy atom. The summed E-state index contributed by atoms with van der Waals surface area (Å²) in [4.78, 5) is 4.22. The van der Waals surface area contributed by atoms with Gasteiger partial charge in [0.2, 0.25) is 5.88 Å². The molecule has 5 nitrogen and oxygen atoms in total. The molecular formula is C25H20F2N2O3. The maximum absolute atomic E-state index is 13.2. The molecule has 2 heterocycles. The SMILES string of the molecule is COc1nc(C#N)cc2c1C1(O)CCC(c3ccccc3)[C@]1(c1ccc(C(F)F)cc1)O2. The summed E-state index contributed by atoms with van der Waals surface area (Å²) in [6.45, 7) is 0. The number of ether oxygens (including phenoxy) is 2. The van der Waals surface area contributed by atoms with Crippen molar-refractivity contribution in [2.45, 2.75) is 36.4 Å². The summed E-state index contributed by atoms with van der Waals surface area (Å²) in [5.74, 6) is 0.171. The number of fused-ring (bicyclic) bond motifs is 3. The van der Waals surface area contributed by atoms with Gasteiger partial charge in [0.1, 0.15) is 23.1 Å². The minimum absolute atomic E-state index is 0.101. The first-order valence-corrected chi connectivity index (χ1v) is 10.3. The number of halogens is 2. The van der Waals surface area contributed by atoms with Crippen molar-refractivity contribution in [3.8, 4) is 17.7 Å². The Bertz CT molecular complexity index is 1210. The van der Waals surface area contributed by atoms with Crippen molar-refractivity contribution in [2.24, 2.45) is 0 Å². The number of nitriles is 1. The van der Waals surface area contributed by atoms with Crippen LogP contribution in [0, 0.1) is 11.3 Å². The van der Waals surface area contributed by atoms with E-state index in [0.29, 0.717) is 29.7 Å². The Morgan fingerprint density at radius 1 is 1.19 bits per heavy atom. The van der Waals surface area contributed by atoms with Crippen LogP contribution in [0.2, 0.25) is 0 Å². The van der Waals surface area contributed by atoms with Crippen LogP contribution in [0.3, 0.4) is 0 Å². The third-order valence-corrected chi connectivity index (χ3v) is 6.64. The Hall–Kier alpha value is -3.50. The summed E-state index contributed by atoms with van der Waals surface area (Å²) in [5, 5.41) is 21.6. The van der Waals surface area contributed by atoms with Crippen molar-refractivity contribution in [1.82, 2.24) is 4.98 Å². The van der Waals surface area contributed by atoms with Crippen LogP contribution in [0.1, 0.15) is 53.1 Å². The van der Waals surface area contributed by atoms with Gasteiger partial charge >= 0.3 is 0 Å². The molecule has 2 aliphatic rings. The Balaban J connectivity index is 1.77. The highest BCUT2D eigenvalue weighted by atomic mass is 19.3. The van der Waals surface area contributed by atoms with Crippen LogP contribution in [0.5, 0.6) is 11.6 Å². The van der Waals surface area contributed by atoms with Gasteiger partial charge in [-0.05, 0) is 24.0 Å². The second-order valence-electron chi connectivity index (χ2n) is 8.12. The molecule has 0 radical (unpaired) electrons. The number of methoxy groups -OCH3 is 1. The van der Waals surface area contributed by atoms with Gasteiger partial charge in [-0.25, -0.2) is 13.8 Å². The van der Waals surface area contributed by atoms with E-state index in [1.54, 1.807) is 12.1 Å². The number of rotatable bonds is 4. The van der Waals surface area contributed by atoms with Gasteiger partial charge in [0, 0.05) is 17.5 Å². The lowest BCUT2D eigenvalue weighted by Crippen LogP contribution is -2.48. The average molecular weight is 434 g/mol. The molecule has 1 saturated carbocycles. The zero-order valence-electron chi connectivity index (χ0n) is 17.3. The van der Waals surface area contributed by atoms with Crippen LogP contribution in [0.25, 0.3) is 0 Å². The van der Waals surface area contributed by atoms with Gasteiger partial charge in [-0.2, -0.15) is 5.26 Å². The van der Waals surface area contributed by atoms with Crippen molar-refractivity contribution >= 4 is 0 Å². The first-order valence-electron chi connectivity index (χ1n) is 10.3. The van der Waals surface area contributed by atoms with Gasteiger partial charge in [0.25, 0.3) is 6.43 Å². The molecule has 2 aromatic carbocycles. The van der Waals surface area contributed by atoms with Crippen LogP contribution in [-0.2, 0) is 11.2 Å². The average Bonchev–Trinajstić information content (AvgIpc) is 3.26. The highest BCUT2D eigenvalue weighted by Crippen LogP contribution is 2.67. The number of pyridine rings is 1. The number of nitrogens with zero attached hydrogens (tertiary/aromatic N) is 2. The lowest BCUT2D eigenvalue weighted by molar-refractivity contribution is -0.106. The van der Waals surface area contributed by atoms with Crippen LogP contribution in [-0.4, -0.2) is 17.2 Å². The topological polar surface area (TPSA) is 75.4 Å². The molecule has 3 aromatic rings. The number of alkyl halides is 2. The summed E-state index contributed by atoms with van der Waals surface area (Å²) in [6.07, 6.45) is -1.65. The molecule has 0 spiro atoms. The number of benzene rings is 2. The molecule has 1 aliphatic carbocycles. The standard InChI is InChI=1S/C25H20F2N2O3/c1-31-23-21-20(13-18(14-28)29-23)32-25(17-9-7-16(8-10-17)22(26)27)19(11-12-24(21,25)30)15-5-3-2-4-6-15/h2-10,13,19,22,30H,11-12H2,1H3/t19?,24?,25-/m0/s1. The molecule has 32 heavy (non-hydrogen) atoms. The van der Waals surface area contributed by atoms with Crippen LogP contribution in [0.15, 0.2) is 60.7 Å². The first-order chi connectivity index (χ1) is 15.4. The first kappa shape index (κ1) is 20.4. The molecular weight excluding hydrogens is 414 g/mol. The third kappa shape index (κ3) is 2.66. The Morgan fingerprint density at radius 2 is 1.91 bits per heavy atom. The summed E-state index contributed by atoms with van der Waals surface area (Å²) < 4.78 is 38.4. The van der Waals surface area contributed by atoms with Crippen LogP contribution < -0.4 is 9.47 Å². The van der Waals surface area contributed by atoms with Gasteiger partial charge in [-0.15, -0.1) is 0 Å². The van der Waals surface area contributed by atoms with E-state index in [-0.39, 0.29) is 23.1 Å². The summed E-state index contributed by atoms with van der Waals surface area (Å²) in [6, 6.07) is 19.0. The molecule has 7 heteroatoms. The fraction of sp³-hybridized carbons (Fsp3) is 0.280. The molecule has 1 aliphatic heterocycles. The Kier molecular flexibility index (Phi) is 4.64. The van der Waals surface area contributed by atoms with E-state index in [1.165, 1.54) is 25.3 Å². The molecule has 162 valence electrons. The fourth-order valence-corrected chi connectivity index (χ4v) is 5.30. The van der Waals surface area contributed by atoms with E-state index < -0.39 is 17.6 Å². The predicted molar refractivity (Wildman–Crippen MR) is 112 cm³/mol. The molecule has 0 bridgehead atoms. The van der Waals surface area contributed by atoms with Gasteiger partial charge in [-0.3, -0.25) is 0 Å². The summed E-state index contributed by atoms with van der Waals surface area (Å²) in [7, 11) is 1.42. The number of hydrogen-bond acceptors (Lipinski definition) is 5. The minimum Gasteiger partial charge on any atom is -0.481 e. The zero-order chi connectivity index (χ0) is 22.5. The monoisotopic (exact) mass is 434 g/mol. The molecule has 1 fully saturated rings. The van der Waals surface area contributed by atoms with E-state index in [9.17, 15) is 19.1 Å². The third-order valence-electron chi connectivity index (χ3n) is 6.64. The van der Waals surface area contributed by atoms with Crippen LogP contribution >= 0.6 is 0 Å². The van der Waals surface area contributed by atoms with Crippen molar-refractivity contribution in [3.63, 3.8) is 0 Å². The van der Waals surface area contributed by atoms with Crippen molar-refractivity contribution in [1.29, 1.82) is 5.26 Å². The number of hydrogen-bond donors (Lipinski definition) is 1. The minimum atomic E-state index is -2.60. The van der Waals surface area contributed by atoms with Crippen molar-refractivity contribution < 1.29 is 23.4 Å². The number of aromatic nitrogens is 1. The van der Waals surface area contributed by atoms with Crippen molar-refractivity contribution in [3.05, 3.63) is 88.6 Å². The molecule has 1 aromatic heterocycles. The molecule has 0 saturated heterocycles. The van der Waals surface area contributed by atoms with E-state index in [1.807, 2.05) is 36.4 Å². The van der Waals surface area contributed by atoms with Gasteiger partial charge in [-0.1, -0.05) is 54.6 Å². The van der Waals surface area contributed by atoms with E-state index in [4.69, 9.17) is 9.47 Å².